The molecular formula is C21H25N3O4. The third kappa shape index (κ3) is 4.60. The van der Waals surface area contributed by atoms with Crippen molar-refractivity contribution < 1.29 is 18.8 Å². The van der Waals surface area contributed by atoms with Crippen molar-refractivity contribution in [3.63, 3.8) is 0 Å². The van der Waals surface area contributed by atoms with Gasteiger partial charge in [-0.2, -0.15) is 0 Å². The van der Waals surface area contributed by atoms with Crippen LogP contribution in [0.3, 0.4) is 0 Å². The molecule has 0 saturated carbocycles. The Morgan fingerprint density at radius 1 is 1.18 bits per heavy atom. The highest BCUT2D eigenvalue weighted by Crippen LogP contribution is 2.25. The highest BCUT2D eigenvalue weighted by molar-refractivity contribution is 6.01. The number of hydrogen-bond acceptors (Lipinski definition) is 4. The fourth-order valence-corrected chi connectivity index (χ4v) is 3.24. The Morgan fingerprint density at radius 3 is 2.57 bits per heavy atom. The van der Waals surface area contributed by atoms with Gasteiger partial charge in [0.15, 0.2) is 0 Å². The number of amides is 3. The highest BCUT2D eigenvalue weighted by atomic mass is 16.3. The van der Waals surface area contributed by atoms with E-state index in [0.29, 0.717) is 12.3 Å². The van der Waals surface area contributed by atoms with Gasteiger partial charge in [-0.05, 0) is 30.2 Å². The summed E-state index contributed by atoms with van der Waals surface area (Å²) in [6, 6.07) is 12.1. The second-order valence-electron chi connectivity index (χ2n) is 7.27. The SMILES string of the molecule is CC(C)[C@@H](NC(=O)C1CC(=O)N(c2ccccc2)C1)C(=O)NCc1ccco1. The second kappa shape index (κ2) is 8.73. The van der Waals surface area contributed by atoms with E-state index in [1.165, 1.54) is 0 Å². The van der Waals surface area contributed by atoms with Crippen molar-refractivity contribution in [3.8, 4) is 0 Å². The molecule has 0 radical (unpaired) electrons. The van der Waals surface area contributed by atoms with E-state index in [9.17, 15) is 14.4 Å². The van der Waals surface area contributed by atoms with Crippen LogP contribution in [0.15, 0.2) is 53.1 Å². The zero-order valence-electron chi connectivity index (χ0n) is 16.1. The molecule has 2 aromatic rings. The van der Waals surface area contributed by atoms with Crippen molar-refractivity contribution in [3.05, 3.63) is 54.5 Å². The van der Waals surface area contributed by atoms with Crippen LogP contribution in [-0.2, 0) is 20.9 Å². The van der Waals surface area contributed by atoms with Gasteiger partial charge in [0, 0.05) is 18.7 Å². The van der Waals surface area contributed by atoms with Gasteiger partial charge >= 0.3 is 0 Å². The first-order valence-electron chi connectivity index (χ1n) is 9.41. The molecule has 2 heterocycles. The first-order chi connectivity index (χ1) is 13.5. The van der Waals surface area contributed by atoms with E-state index in [2.05, 4.69) is 10.6 Å². The number of rotatable bonds is 7. The molecule has 1 aliphatic rings. The van der Waals surface area contributed by atoms with Crippen LogP contribution < -0.4 is 15.5 Å². The number of benzene rings is 1. The average Bonchev–Trinajstić information content (AvgIpc) is 3.34. The predicted octanol–water partition coefficient (Wildman–Crippen LogP) is 2.09. The number of furan rings is 1. The van der Waals surface area contributed by atoms with Crippen LogP contribution in [0.25, 0.3) is 0 Å². The van der Waals surface area contributed by atoms with Crippen molar-refractivity contribution in [1.82, 2.24) is 10.6 Å². The minimum absolute atomic E-state index is 0.0882. The molecule has 1 saturated heterocycles. The number of nitrogens with zero attached hydrogens (tertiary/aromatic N) is 1. The molecule has 3 amide bonds. The summed E-state index contributed by atoms with van der Waals surface area (Å²) in [5, 5.41) is 5.60. The first-order valence-corrected chi connectivity index (χ1v) is 9.41. The Balaban J connectivity index is 1.59. The molecule has 148 valence electrons. The molecule has 0 aliphatic carbocycles. The summed E-state index contributed by atoms with van der Waals surface area (Å²) in [5.41, 5.74) is 0.777. The molecule has 7 heteroatoms. The molecule has 1 fully saturated rings. The maximum atomic E-state index is 12.7. The quantitative estimate of drug-likeness (QED) is 0.766. The van der Waals surface area contributed by atoms with Crippen LogP contribution in [0.5, 0.6) is 0 Å². The molecular weight excluding hydrogens is 358 g/mol. The smallest absolute Gasteiger partial charge is 0.243 e. The average molecular weight is 383 g/mol. The maximum absolute atomic E-state index is 12.7. The van der Waals surface area contributed by atoms with Crippen molar-refractivity contribution in [2.24, 2.45) is 11.8 Å². The lowest BCUT2D eigenvalue weighted by atomic mass is 10.0. The van der Waals surface area contributed by atoms with Crippen LogP contribution >= 0.6 is 0 Å². The first kappa shape index (κ1) is 19.7. The number of nitrogens with one attached hydrogen (secondary N) is 2. The standard InChI is InChI=1S/C21H25N3O4/c1-14(2)19(21(27)22-12-17-9-6-10-28-17)23-20(26)15-11-18(25)24(13-15)16-7-4-3-5-8-16/h3-10,14-15,19H,11-13H2,1-2H3,(H,22,27)(H,23,26)/t15?,19-/m1/s1. The molecule has 3 rings (SSSR count). The molecule has 0 bridgehead atoms. The fraction of sp³-hybridized carbons (Fsp3) is 0.381. The monoisotopic (exact) mass is 383 g/mol. The number of para-hydroxylation sites is 1. The summed E-state index contributed by atoms with van der Waals surface area (Å²) in [4.78, 5) is 39.2. The van der Waals surface area contributed by atoms with Crippen LogP contribution in [-0.4, -0.2) is 30.3 Å². The van der Waals surface area contributed by atoms with Crippen molar-refractivity contribution in [2.45, 2.75) is 32.9 Å². The predicted molar refractivity (Wildman–Crippen MR) is 104 cm³/mol. The lowest BCUT2D eigenvalue weighted by Crippen LogP contribution is -2.51. The normalized spacial score (nSPS) is 17.6. The summed E-state index contributed by atoms with van der Waals surface area (Å²) < 4.78 is 5.21. The summed E-state index contributed by atoms with van der Waals surface area (Å²) in [6.45, 7) is 4.31. The molecule has 28 heavy (non-hydrogen) atoms. The Morgan fingerprint density at radius 2 is 1.93 bits per heavy atom. The summed E-state index contributed by atoms with van der Waals surface area (Å²) >= 11 is 0. The minimum atomic E-state index is -0.677. The van der Waals surface area contributed by atoms with E-state index in [-0.39, 0.29) is 36.6 Å². The maximum Gasteiger partial charge on any atom is 0.243 e. The van der Waals surface area contributed by atoms with E-state index >= 15 is 0 Å². The number of hydrogen-bond donors (Lipinski definition) is 2. The third-order valence-corrected chi connectivity index (χ3v) is 4.83. The number of carbonyl (C=O) groups is 3. The zero-order chi connectivity index (χ0) is 20.1. The number of anilines is 1. The van der Waals surface area contributed by atoms with Gasteiger partial charge in [-0.15, -0.1) is 0 Å². The van der Waals surface area contributed by atoms with E-state index in [0.717, 1.165) is 5.69 Å². The molecule has 2 N–H and O–H groups in total. The van der Waals surface area contributed by atoms with Gasteiger partial charge in [0.1, 0.15) is 11.8 Å². The molecule has 1 aromatic heterocycles. The lowest BCUT2D eigenvalue weighted by molar-refractivity contribution is -0.132. The van der Waals surface area contributed by atoms with E-state index < -0.39 is 12.0 Å². The van der Waals surface area contributed by atoms with Gasteiger partial charge in [0.2, 0.25) is 17.7 Å². The Labute approximate surface area is 164 Å². The van der Waals surface area contributed by atoms with Crippen molar-refractivity contribution in [1.29, 1.82) is 0 Å². The second-order valence-corrected chi connectivity index (χ2v) is 7.27. The van der Waals surface area contributed by atoms with Crippen LogP contribution in [0.4, 0.5) is 5.69 Å². The Kier molecular flexibility index (Phi) is 6.13. The molecule has 7 nitrogen and oxygen atoms in total. The molecule has 1 aromatic carbocycles. The Hall–Kier alpha value is -3.09. The van der Waals surface area contributed by atoms with Gasteiger partial charge in [-0.25, -0.2) is 0 Å². The molecule has 1 aliphatic heterocycles. The topological polar surface area (TPSA) is 91.7 Å². The summed E-state index contributed by atoms with van der Waals surface area (Å²) in [6.07, 6.45) is 1.68. The van der Waals surface area contributed by atoms with E-state index in [4.69, 9.17) is 4.42 Å². The van der Waals surface area contributed by atoms with Gasteiger partial charge in [-0.1, -0.05) is 32.0 Å². The van der Waals surface area contributed by atoms with Gasteiger partial charge < -0.3 is 20.0 Å². The van der Waals surface area contributed by atoms with Crippen molar-refractivity contribution in [2.75, 3.05) is 11.4 Å². The largest absolute Gasteiger partial charge is 0.467 e. The van der Waals surface area contributed by atoms with Gasteiger partial charge in [0.25, 0.3) is 0 Å². The molecule has 0 spiro atoms. The molecule has 1 unspecified atom stereocenters. The van der Waals surface area contributed by atoms with E-state index in [1.54, 1.807) is 23.3 Å². The summed E-state index contributed by atoms with van der Waals surface area (Å²) in [7, 11) is 0. The minimum Gasteiger partial charge on any atom is -0.467 e. The fourth-order valence-electron chi connectivity index (χ4n) is 3.24. The zero-order valence-corrected chi connectivity index (χ0v) is 16.1. The summed E-state index contributed by atoms with van der Waals surface area (Å²) in [5.74, 6) is -0.575. The van der Waals surface area contributed by atoms with Crippen molar-refractivity contribution >= 4 is 23.4 Å². The Bertz CT molecular complexity index is 817. The lowest BCUT2D eigenvalue weighted by Gasteiger charge is -2.23. The van der Waals surface area contributed by atoms with Gasteiger partial charge in [-0.3, -0.25) is 14.4 Å². The van der Waals surface area contributed by atoms with Crippen LogP contribution in [0, 0.1) is 11.8 Å². The third-order valence-electron chi connectivity index (χ3n) is 4.83. The van der Waals surface area contributed by atoms with E-state index in [1.807, 2.05) is 44.2 Å². The molecule has 2 atom stereocenters. The highest BCUT2D eigenvalue weighted by Gasteiger charge is 2.37. The van der Waals surface area contributed by atoms with Gasteiger partial charge in [0.05, 0.1) is 18.7 Å². The van der Waals surface area contributed by atoms with Crippen LogP contribution in [0.2, 0.25) is 0 Å². The van der Waals surface area contributed by atoms with Crippen LogP contribution in [0.1, 0.15) is 26.0 Å². The number of carbonyl (C=O) groups excluding carboxylic acids is 3.